The third-order valence-electron chi connectivity index (χ3n) is 2.60. The molecule has 0 amide bonds. The summed E-state index contributed by atoms with van der Waals surface area (Å²) in [6.07, 6.45) is 0.645. The van der Waals surface area contributed by atoms with Crippen LogP contribution in [0.1, 0.15) is 20.8 Å². The molecule has 0 spiro atoms. The van der Waals surface area contributed by atoms with Gasteiger partial charge in [0.25, 0.3) is 0 Å². The first-order valence-corrected chi connectivity index (χ1v) is 6.12. The maximum absolute atomic E-state index is 11.1. The lowest BCUT2D eigenvalue weighted by Crippen LogP contribution is -2.25. The van der Waals surface area contributed by atoms with Crippen LogP contribution in [0.25, 0.3) is 0 Å². The molecular formula is C11H19N5O3. The van der Waals surface area contributed by atoms with Crippen molar-refractivity contribution in [2.24, 2.45) is 5.92 Å². The number of nitro groups is 1. The number of hydrogen-bond donors (Lipinski definition) is 3. The molecule has 1 atom stereocenters. The second-order valence-corrected chi connectivity index (χ2v) is 4.40. The molecule has 0 aromatic carbocycles. The van der Waals surface area contributed by atoms with Gasteiger partial charge in [-0.25, -0.2) is 9.97 Å². The monoisotopic (exact) mass is 269 g/mol. The summed E-state index contributed by atoms with van der Waals surface area (Å²) in [5, 5.41) is 26.4. The van der Waals surface area contributed by atoms with E-state index in [4.69, 9.17) is 0 Å². The third kappa shape index (κ3) is 4.02. The molecule has 1 unspecified atom stereocenters. The molecule has 0 radical (unpaired) electrons. The normalized spacial score (nSPS) is 12.3. The second-order valence-electron chi connectivity index (χ2n) is 4.40. The van der Waals surface area contributed by atoms with Gasteiger partial charge in [0.1, 0.15) is 6.33 Å². The van der Waals surface area contributed by atoms with Crippen molar-refractivity contribution in [3.05, 3.63) is 16.4 Å². The van der Waals surface area contributed by atoms with E-state index in [1.807, 2.05) is 20.8 Å². The SMILES string of the molecule is CCNc1ncnc(NCC(O)C(C)C)c1[N+](=O)[O-]. The summed E-state index contributed by atoms with van der Waals surface area (Å²) in [7, 11) is 0. The average Bonchev–Trinajstić information content (AvgIpc) is 2.35. The fourth-order valence-electron chi connectivity index (χ4n) is 1.41. The minimum absolute atomic E-state index is 0.0571. The van der Waals surface area contributed by atoms with E-state index >= 15 is 0 Å². The number of nitrogens with one attached hydrogen (secondary N) is 2. The maximum atomic E-state index is 11.1. The minimum Gasteiger partial charge on any atom is -0.391 e. The highest BCUT2D eigenvalue weighted by molar-refractivity contribution is 5.69. The summed E-state index contributed by atoms with van der Waals surface area (Å²) < 4.78 is 0. The number of aliphatic hydroxyl groups excluding tert-OH is 1. The van der Waals surface area contributed by atoms with Crippen molar-refractivity contribution < 1.29 is 10.0 Å². The van der Waals surface area contributed by atoms with Gasteiger partial charge in [-0.2, -0.15) is 0 Å². The zero-order valence-electron chi connectivity index (χ0n) is 11.3. The summed E-state index contributed by atoms with van der Waals surface area (Å²) in [5.74, 6) is 0.335. The molecule has 0 aliphatic heterocycles. The van der Waals surface area contributed by atoms with Gasteiger partial charge >= 0.3 is 5.69 Å². The number of nitrogens with zero attached hydrogens (tertiary/aromatic N) is 3. The molecule has 8 nitrogen and oxygen atoms in total. The van der Waals surface area contributed by atoms with Crippen molar-refractivity contribution in [1.82, 2.24) is 9.97 Å². The summed E-state index contributed by atoms with van der Waals surface area (Å²) >= 11 is 0. The van der Waals surface area contributed by atoms with Gasteiger partial charge in [0.15, 0.2) is 0 Å². The standard InChI is InChI=1S/C11H19N5O3/c1-4-12-10-9(16(18)19)11(15-6-14-10)13-5-8(17)7(2)3/h6-8,17H,4-5H2,1-3H3,(H2,12,13,14,15). The fourth-order valence-corrected chi connectivity index (χ4v) is 1.41. The van der Waals surface area contributed by atoms with Crippen LogP contribution in [-0.2, 0) is 0 Å². The Bertz CT molecular complexity index is 438. The van der Waals surface area contributed by atoms with Crippen LogP contribution in [0, 0.1) is 16.0 Å². The molecule has 1 rings (SSSR count). The Morgan fingerprint density at radius 2 is 1.95 bits per heavy atom. The zero-order chi connectivity index (χ0) is 14.4. The largest absolute Gasteiger partial charge is 0.391 e. The number of rotatable bonds is 7. The summed E-state index contributed by atoms with van der Waals surface area (Å²) in [4.78, 5) is 18.2. The molecular weight excluding hydrogens is 250 g/mol. The number of aliphatic hydroxyl groups is 1. The molecule has 1 aromatic rings. The van der Waals surface area contributed by atoms with E-state index in [0.717, 1.165) is 0 Å². The first kappa shape index (κ1) is 15.1. The van der Waals surface area contributed by atoms with Crippen molar-refractivity contribution in [1.29, 1.82) is 0 Å². The van der Waals surface area contributed by atoms with E-state index in [1.165, 1.54) is 6.33 Å². The van der Waals surface area contributed by atoms with Crippen molar-refractivity contribution in [2.75, 3.05) is 23.7 Å². The maximum Gasteiger partial charge on any atom is 0.353 e. The lowest BCUT2D eigenvalue weighted by molar-refractivity contribution is -0.383. The van der Waals surface area contributed by atoms with Gasteiger partial charge < -0.3 is 15.7 Å². The number of anilines is 2. The predicted octanol–water partition coefficient (Wildman–Crippen LogP) is 1.25. The smallest absolute Gasteiger partial charge is 0.353 e. The lowest BCUT2D eigenvalue weighted by atomic mass is 10.1. The van der Waals surface area contributed by atoms with Crippen LogP contribution in [0.3, 0.4) is 0 Å². The van der Waals surface area contributed by atoms with E-state index in [-0.39, 0.29) is 29.8 Å². The van der Waals surface area contributed by atoms with Crippen molar-refractivity contribution >= 4 is 17.3 Å². The topological polar surface area (TPSA) is 113 Å². The quantitative estimate of drug-likeness (QED) is 0.504. The summed E-state index contributed by atoms with van der Waals surface area (Å²) in [5.41, 5.74) is -0.208. The average molecular weight is 269 g/mol. The van der Waals surface area contributed by atoms with Crippen LogP contribution in [-0.4, -0.2) is 39.2 Å². The number of aromatic nitrogens is 2. The van der Waals surface area contributed by atoms with Gasteiger partial charge in [-0.15, -0.1) is 0 Å². The van der Waals surface area contributed by atoms with Crippen LogP contribution < -0.4 is 10.6 Å². The Balaban J connectivity index is 2.93. The van der Waals surface area contributed by atoms with Gasteiger partial charge in [-0.05, 0) is 12.8 Å². The minimum atomic E-state index is -0.600. The molecule has 0 aliphatic rings. The van der Waals surface area contributed by atoms with Crippen LogP contribution >= 0.6 is 0 Å². The van der Waals surface area contributed by atoms with Gasteiger partial charge in [0.05, 0.1) is 11.0 Å². The Kier molecular flexibility index (Phi) is 5.43. The molecule has 19 heavy (non-hydrogen) atoms. The molecule has 0 saturated carbocycles. The van der Waals surface area contributed by atoms with Crippen molar-refractivity contribution in [3.63, 3.8) is 0 Å². The fraction of sp³-hybridized carbons (Fsp3) is 0.636. The van der Waals surface area contributed by atoms with Crippen LogP contribution in [0.4, 0.5) is 17.3 Å². The van der Waals surface area contributed by atoms with Crippen LogP contribution in [0.5, 0.6) is 0 Å². The molecule has 8 heteroatoms. The molecule has 0 saturated heterocycles. The van der Waals surface area contributed by atoms with Crippen LogP contribution in [0.2, 0.25) is 0 Å². The Hall–Kier alpha value is -1.96. The first-order chi connectivity index (χ1) is 8.97. The Labute approximate surface area is 111 Å². The van der Waals surface area contributed by atoms with Crippen LogP contribution in [0.15, 0.2) is 6.33 Å². The van der Waals surface area contributed by atoms with Crippen molar-refractivity contribution in [3.8, 4) is 0 Å². The second kappa shape index (κ2) is 6.83. The zero-order valence-corrected chi connectivity index (χ0v) is 11.3. The van der Waals surface area contributed by atoms with Gasteiger partial charge in [-0.3, -0.25) is 10.1 Å². The molecule has 106 valence electrons. The molecule has 0 aliphatic carbocycles. The van der Waals surface area contributed by atoms with E-state index < -0.39 is 11.0 Å². The Morgan fingerprint density at radius 1 is 1.37 bits per heavy atom. The predicted molar refractivity (Wildman–Crippen MR) is 72.2 cm³/mol. The van der Waals surface area contributed by atoms with Crippen molar-refractivity contribution in [2.45, 2.75) is 26.9 Å². The highest BCUT2D eigenvalue weighted by atomic mass is 16.6. The van der Waals surface area contributed by atoms with E-state index in [1.54, 1.807) is 0 Å². The van der Waals surface area contributed by atoms with Gasteiger partial charge in [0.2, 0.25) is 11.6 Å². The Morgan fingerprint density at radius 3 is 2.42 bits per heavy atom. The molecule has 1 heterocycles. The summed E-state index contributed by atoms with van der Waals surface area (Å²) in [6, 6.07) is 0. The molecule has 3 N–H and O–H groups in total. The number of hydrogen-bond acceptors (Lipinski definition) is 7. The highest BCUT2D eigenvalue weighted by Crippen LogP contribution is 2.28. The van der Waals surface area contributed by atoms with Gasteiger partial charge in [-0.1, -0.05) is 13.8 Å². The summed E-state index contributed by atoms with van der Waals surface area (Å²) in [6.45, 7) is 6.27. The molecule has 0 bridgehead atoms. The first-order valence-electron chi connectivity index (χ1n) is 6.12. The van der Waals surface area contributed by atoms with Gasteiger partial charge in [0, 0.05) is 13.1 Å². The highest BCUT2D eigenvalue weighted by Gasteiger charge is 2.23. The van der Waals surface area contributed by atoms with E-state index in [2.05, 4.69) is 20.6 Å². The third-order valence-corrected chi connectivity index (χ3v) is 2.60. The lowest BCUT2D eigenvalue weighted by Gasteiger charge is -2.15. The molecule has 0 fully saturated rings. The molecule has 1 aromatic heterocycles. The van der Waals surface area contributed by atoms with E-state index in [9.17, 15) is 15.2 Å². The van der Waals surface area contributed by atoms with E-state index in [0.29, 0.717) is 6.54 Å².